The van der Waals surface area contributed by atoms with Gasteiger partial charge >= 0.3 is 0 Å². The third-order valence-electron chi connectivity index (χ3n) is 2.84. The van der Waals surface area contributed by atoms with E-state index in [-0.39, 0.29) is 5.41 Å². The molecule has 1 aromatic rings. The second-order valence-corrected chi connectivity index (χ2v) is 16.7. The Morgan fingerprint density at radius 1 is 1.11 bits per heavy atom. The number of rotatable bonds is 4. The average molecular weight is 296 g/mol. The van der Waals surface area contributed by atoms with E-state index in [4.69, 9.17) is 0 Å². The molecule has 0 aliphatic rings. The summed E-state index contributed by atoms with van der Waals surface area (Å²) in [7, 11) is 3.11. The Kier molecular flexibility index (Phi) is 5.33. The van der Waals surface area contributed by atoms with E-state index in [0.717, 1.165) is 6.54 Å². The summed E-state index contributed by atoms with van der Waals surface area (Å²) in [5.41, 5.74) is 3.13. The Morgan fingerprint density at radius 2 is 1.68 bits per heavy atom. The van der Waals surface area contributed by atoms with Gasteiger partial charge in [-0.05, 0) is 36.7 Å². The fourth-order valence-corrected chi connectivity index (χ4v) is 5.58. The van der Waals surface area contributed by atoms with Gasteiger partial charge < -0.3 is 4.90 Å². The van der Waals surface area contributed by atoms with Crippen molar-refractivity contribution in [1.82, 2.24) is 4.90 Å². The van der Waals surface area contributed by atoms with Crippen molar-refractivity contribution < 1.29 is 0 Å². The molecule has 1 nitrogen and oxygen atoms in total. The fraction of sp³-hybridized carbons (Fsp3) is 0.625. The average Bonchev–Trinajstić information content (AvgIpc) is 2.15. The lowest BCUT2D eigenvalue weighted by atomic mass is 9.86. The van der Waals surface area contributed by atoms with Crippen LogP contribution in [0.5, 0.6) is 0 Å². The molecule has 0 saturated heterocycles. The zero-order chi connectivity index (χ0) is 14.8. The molecule has 1 rings (SSSR count). The maximum Gasteiger partial charge on any atom is 0.114 e. The summed E-state index contributed by atoms with van der Waals surface area (Å²) in [6.07, 6.45) is 0. The highest BCUT2D eigenvalue weighted by molar-refractivity contribution is 8.28. The van der Waals surface area contributed by atoms with Crippen LogP contribution < -0.4 is 0 Å². The van der Waals surface area contributed by atoms with Crippen LogP contribution in [0.4, 0.5) is 0 Å². The Morgan fingerprint density at radius 3 is 2.11 bits per heavy atom. The van der Waals surface area contributed by atoms with Crippen molar-refractivity contribution in [2.75, 3.05) is 14.1 Å². The first-order valence-corrected chi connectivity index (χ1v) is 12.0. The van der Waals surface area contributed by atoms with Crippen LogP contribution in [0.1, 0.15) is 31.9 Å². The zero-order valence-corrected chi connectivity index (χ0v) is 15.6. The molecule has 0 heterocycles. The van der Waals surface area contributed by atoms with Crippen LogP contribution in [0.25, 0.3) is 0 Å². The first-order chi connectivity index (χ1) is 8.49. The van der Waals surface area contributed by atoms with Gasteiger partial charge in [0.15, 0.2) is 0 Å². The third-order valence-corrected chi connectivity index (χ3v) is 6.55. The monoisotopic (exact) mass is 295 g/mol. The minimum Gasteiger partial charge on any atom is -0.305 e. The summed E-state index contributed by atoms with van der Waals surface area (Å²) in [6, 6.07) is 7.04. The molecule has 0 spiro atoms. The first kappa shape index (κ1) is 16.8. The highest BCUT2D eigenvalue weighted by Crippen LogP contribution is 2.35. The van der Waals surface area contributed by atoms with Crippen molar-refractivity contribution >= 4 is 18.4 Å². The standard InChI is InChI=1S/C16H29NSSi/c1-16(2,3)14-10-9-13(12-17(4)5)15(11-14)18-19(6,7)8/h9-11H,12H2,1-8H3. The predicted molar refractivity (Wildman–Crippen MR) is 91.7 cm³/mol. The summed E-state index contributed by atoms with van der Waals surface area (Å²) in [6.45, 7) is 15.1. The molecule has 3 heteroatoms. The number of benzene rings is 1. The van der Waals surface area contributed by atoms with Crippen LogP contribution >= 0.6 is 11.2 Å². The highest BCUT2D eigenvalue weighted by atomic mass is 32.4. The summed E-state index contributed by atoms with van der Waals surface area (Å²) < 4.78 is 0. The molecular formula is C16H29NSSi. The predicted octanol–water partition coefficient (Wildman–Crippen LogP) is 4.97. The van der Waals surface area contributed by atoms with Crippen LogP contribution in [0.2, 0.25) is 19.6 Å². The van der Waals surface area contributed by atoms with Crippen molar-refractivity contribution in [3.63, 3.8) is 0 Å². The van der Waals surface area contributed by atoms with Crippen molar-refractivity contribution in [2.45, 2.75) is 57.3 Å². The quantitative estimate of drug-likeness (QED) is 0.721. The van der Waals surface area contributed by atoms with Gasteiger partial charge in [-0.1, -0.05) is 52.5 Å². The van der Waals surface area contributed by atoms with Crippen molar-refractivity contribution in [2.24, 2.45) is 0 Å². The van der Waals surface area contributed by atoms with Gasteiger partial charge in [-0.15, -0.1) is 0 Å². The Bertz CT molecular complexity index is 427. The SMILES string of the molecule is CN(C)Cc1ccc(C(C)(C)C)cc1S[Si](C)(C)C. The van der Waals surface area contributed by atoms with E-state index >= 15 is 0 Å². The lowest BCUT2D eigenvalue weighted by Gasteiger charge is -2.25. The Labute approximate surface area is 124 Å². The molecule has 0 bridgehead atoms. The normalized spacial score (nSPS) is 13.1. The molecule has 0 saturated carbocycles. The van der Waals surface area contributed by atoms with Gasteiger partial charge in [-0.25, -0.2) is 0 Å². The molecule has 0 aromatic heterocycles. The topological polar surface area (TPSA) is 3.24 Å². The van der Waals surface area contributed by atoms with Crippen LogP contribution in [0, 0.1) is 0 Å². The number of hydrogen-bond acceptors (Lipinski definition) is 2. The van der Waals surface area contributed by atoms with Gasteiger partial charge in [0.25, 0.3) is 0 Å². The molecule has 0 radical (unpaired) electrons. The van der Waals surface area contributed by atoms with Crippen LogP contribution in [0.3, 0.4) is 0 Å². The smallest absolute Gasteiger partial charge is 0.114 e. The maximum absolute atomic E-state index is 2.42. The van der Waals surface area contributed by atoms with Crippen molar-refractivity contribution in [3.8, 4) is 0 Å². The Hall–Kier alpha value is -0.253. The maximum atomic E-state index is 2.42. The molecular weight excluding hydrogens is 266 g/mol. The summed E-state index contributed by atoms with van der Waals surface area (Å²) in [5.74, 6) is 0. The molecule has 0 fully saturated rings. The van der Waals surface area contributed by atoms with Crippen LogP contribution in [-0.2, 0) is 12.0 Å². The van der Waals surface area contributed by atoms with E-state index in [1.54, 1.807) is 0 Å². The highest BCUT2D eigenvalue weighted by Gasteiger charge is 2.20. The molecule has 0 atom stereocenters. The summed E-state index contributed by atoms with van der Waals surface area (Å²) in [5, 5.41) is 0. The molecule has 19 heavy (non-hydrogen) atoms. The number of nitrogens with zero attached hydrogens (tertiary/aromatic N) is 1. The van der Waals surface area contributed by atoms with Crippen molar-refractivity contribution in [1.29, 1.82) is 0 Å². The van der Waals surface area contributed by atoms with E-state index in [9.17, 15) is 0 Å². The molecule has 0 unspecified atom stereocenters. The van der Waals surface area contributed by atoms with Crippen molar-refractivity contribution in [3.05, 3.63) is 29.3 Å². The van der Waals surface area contributed by atoms with Gasteiger partial charge in [-0.2, -0.15) is 11.2 Å². The summed E-state index contributed by atoms with van der Waals surface area (Å²) in [4.78, 5) is 3.74. The van der Waals surface area contributed by atoms with Crippen LogP contribution in [-0.4, -0.2) is 26.2 Å². The first-order valence-electron chi connectivity index (χ1n) is 6.96. The molecule has 0 amide bonds. The molecule has 0 aliphatic carbocycles. The van der Waals surface area contributed by atoms with E-state index in [1.807, 2.05) is 0 Å². The lowest BCUT2D eigenvalue weighted by molar-refractivity contribution is 0.399. The minimum atomic E-state index is -1.16. The number of hydrogen-bond donors (Lipinski definition) is 0. The third kappa shape index (κ3) is 5.72. The lowest BCUT2D eigenvalue weighted by Crippen LogP contribution is -2.18. The molecule has 0 N–H and O–H groups in total. The Balaban J connectivity index is 3.18. The van der Waals surface area contributed by atoms with Gasteiger partial charge in [0.2, 0.25) is 0 Å². The van der Waals surface area contributed by atoms with Crippen LogP contribution in [0.15, 0.2) is 23.1 Å². The molecule has 108 valence electrons. The van der Waals surface area contributed by atoms with Gasteiger partial charge in [-0.3, -0.25) is 0 Å². The van der Waals surface area contributed by atoms with Gasteiger partial charge in [0.05, 0.1) is 0 Å². The molecule has 0 aliphatic heterocycles. The second kappa shape index (κ2) is 6.02. The van der Waals surface area contributed by atoms with E-state index in [0.29, 0.717) is 0 Å². The molecule has 1 aromatic carbocycles. The second-order valence-electron chi connectivity index (χ2n) is 7.52. The summed E-state index contributed by atoms with van der Waals surface area (Å²) >= 11 is 2.11. The minimum absolute atomic E-state index is 0.228. The van der Waals surface area contributed by atoms with E-state index < -0.39 is 7.22 Å². The fourth-order valence-electron chi connectivity index (χ4n) is 1.92. The largest absolute Gasteiger partial charge is 0.305 e. The van der Waals surface area contributed by atoms with E-state index in [2.05, 4.69) is 88.8 Å². The van der Waals surface area contributed by atoms with E-state index in [1.165, 1.54) is 16.0 Å². The van der Waals surface area contributed by atoms with Gasteiger partial charge in [0, 0.05) is 11.4 Å². The van der Waals surface area contributed by atoms with Gasteiger partial charge in [0.1, 0.15) is 7.22 Å². The zero-order valence-electron chi connectivity index (χ0n) is 13.8.